The lowest BCUT2D eigenvalue weighted by molar-refractivity contribution is -0.147. The van der Waals surface area contributed by atoms with Gasteiger partial charge in [0.05, 0.1) is 4.75 Å². The molecule has 0 aliphatic carbocycles. The number of nitrogens with zero attached hydrogens (tertiary/aromatic N) is 1. The molecule has 0 aromatic heterocycles. The molecule has 1 atom stereocenters. The second kappa shape index (κ2) is 11.4. The maximum absolute atomic E-state index is 12.9. The molecule has 188 valence electrons. The van der Waals surface area contributed by atoms with Crippen LogP contribution in [0.15, 0.2) is 91.0 Å². The van der Waals surface area contributed by atoms with Crippen molar-refractivity contribution in [3.63, 3.8) is 0 Å². The standard InChI is InChI=1S/C29H31NO5S/c1-21(31)30(27(34)35-28(2,3)4)25(26(32)33)20-36-29(22-14-8-5-9-15-22,23-16-10-6-11-17-23)24-18-12-7-13-19-24/h5-19,25H,20H2,1-4H3,(H,32,33)/t25-/m0/s1. The zero-order valence-corrected chi connectivity index (χ0v) is 21.7. The van der Waals surface area contributed by atoms with Crippen molar-refractivity contribution in [3.8, 4) is 0 Å². The average Bonchev–Trinajstić information content (AvgIpc) is 2.84. The first-order valence-corrected chi connectivity index (χ1v) is 12.6. The monoisotopic (exact) mass is 505 g/mol. The fourth-order valence-electron chi connectivity index (χ4n) is 4.02. The molecule has 0 heterocycles. The van der Waals surface area contributed by atoms with E-state index in [1.165, 1.54) is 18.7 Å². The Morgan fingerprint density at radius 3 is 1.50 bits per heavy atom. The zero-order chi connectivity index (χ0) is 26.3. The van der Waals surface area contributed by atoms with Gasteiger partial charge in [-0.05, 0) is 37.5 Å². The molecule has 3 rings (SSSR count). The summed E-state index contributed by atoms with van der Waals surface area (Å²) >= 11 is 1.36. The molecule has 7 heteroatoms. The van der Waals surface area contributed by atoms with Crippen LogP contribution >= 0.6 is 11.8 Å². The molecule has 2 amide bonds. The van der Waals surface area contributed by atoms with Crippen molar-refractivity contribution in [3.05, 3.63) is 108 Å². The summed E-state index contributed by atoms with van der Waals surface area (Å²) in [6, 6.07) is 28.0. The molecule has 6 nitrogen and oxygen atoms in total. The van der Waals surface area contributed by atoms with Crippen molar-refractivity contribution in [2.75, 3.05) is 5.75 Å². The molecule has 0 saturated heterocycles. The number of rotatable bonds is 8. The third kappa shape index (κ3) is 6.15. The number of hydrogen-bond acceptors (Lipinski definition) is 5. The number of ether oxygens (including phenoxy) is 1. The molecule has 1 N–H and O–H groups in total. The molecule has 0 saturated carbocycles. The molecule has 0 spiro atoms. The van der Waals surface area contributed by atoms with Gasteiger partial charge in [-0.3, -0.25) is 4.79 Å². The van der Waals surface area contributed by atoms with Crippen LogP contribution in [0, 0.1) is 0 Å². The van der Waals surface area contributed by atoms with Crippen LogP contribution < -0.4 is 0 Å². The summed E-state index contributed by atoms with van der Waals surface area (Å²) in [5.41, 5.74) is 1.96. The van der Waals surface area contributed by atoms with Crippen molar-refractivity contribution in [1.82, 2.24) is 4.90 Å². The highest BCUT2D eigenvalue weighted by Crippen LogP contribution is 2.48. The number of carboxylic acid groups (broad SMARTS) is 1. The minimum atomic E-state index is -1.43. The molecular formula is C29H31NO5S. The van der Waals surface area contributed by atoms with Crippen LogP contribution in [0.2, 0.25) is 0 Å². The van der Waals surface area contributed by atoms with Crippen LogP contribution in [0.4, 0.5) is 4.79 Å². The maximum Gasteiger partial charge on any atom is 0.417 e. The first kappa shape index (κ1) is 27.0. The Kier molecular flexibility index (Phi) is 8.58. The van der Waals surface area contributed by atoms with Crippen molar-refractivity contribution < 1.29 is 24.2 Å². The van der Waals surface area contributed by atoms with Crippen molar-refractivity contribution >= 4 is 29.7 Å². The normalized spacial score (nSPS) is 12.4. The van der Waals surface area contributed by atoms with Gasteiger partial charge in [0.15, 0.2) is 0 Å². The highest BCUT2D eigenvalue weighted by molar-refractivity contribution is 8.00. The van der Waals surface area contributed by atoms with E-state index in [-0.39, 0.29) is 5.75 Å². The molecule has 0 bridgehead atoms. The predicted molar refractivity (Wildman–Crippen MR) is 142 cm³/mol. The summed E-state index contributed by atoms with van der Waals surface area (Å²) < 4.78 is 4.57. The highest BCUT2D eigenvalue weighted by Gasteiger charge is 2.42. The third-order valence-electron chi connectivity index (χ3n) is 5.52. The highest BCUT2D eigenvalue weighted by atomic mass is 32.2. The van der Waals surface area contributed by atoms with Gasteiger partial charge < -0.3 is 9.84 Å². The lowest BCUT2D eigenvalue weighted by Gasteiger charge is -2.37. The number of benzene rings is 3. The molecule has 3 aromatic rings. The fourth-order valence-corrected chi connectivity index (χ4v) is 5.62. The summed E-state index contributed by atoms with van der Waals surface area (Å²) in [4.78, 5) is 38.5. The van der Waals surface area contributed by atoms with Crippen LogP contribution in [0.1, 0.15) is 44.4 Å². The molecule has 0 aliphatic heterocycles. The molecule has 36 heavy (non-hydrogen) atoms. The summed E-state index contributed by atoms with van der Waals surface area (Å²) in [6.45, 7) is 6.17. The summed E-state index contributed by atoms with van der Waals surface area (Å²) in [5, 5.41) is 10.1. The number of carbonyl (C=O) groups is 3. The van der Waals surface area contributed by atoms with E-state index in [1.807, 2.05) is 91.0 Å². The van der Waals surface area contributed by atoms with E-state index in [2.05, 4.69) is 0 Å². The van der Waals surface area contributed by atoms with Gasteiger partial charge in [-0.2, -0.15) is 0 Å². The number of hydrogen-bond donors (Lipinski definition) is 1. The Morgan fingerprint density at radius 1 is 0.806 bits per heavy atom. The fraction of sp³-hybridized carbons (Fsp3) is 0.276. The number of carboxylic acids is 1. The van der Waals surface area contributed by atoms with Crippen LogP contribution in [-0.4, -0.2) is 45.4 Å². The number of thioether (sulfide) groups is 1. The van der Waals surface area contributed by atoms with Crippen LogP contribution in [0.5, 0.6) is 0 Å². The Morgan fingerprint density at radius 2 is 1.19 bits per heavy atom. The van der Waals surface area contributed by atoms with E-state index in [9.17, 15) is 19.5 Å². The summed E-state index contributed by atoms with van der Waals surface area (Å²) in [5.74, 6) is -2.04. The van der Waals surface area contributed by atoms with Crippen molar-refractivity contribution in [1.29, 1.82) is 0 Å². The summed E-state index contributed by atoms with van der Waals surface area (Å²) in [6.07, 6.45) is -0.979. The quantitative estimate of drug-likeness (QED) is 0.381. The predicted octanol–water partition coefficient (Wildman–Crippen LogP) is 5.95. The van der Waals surface area contributed by atoms with Crippen LogP contribution in [0.3, 0.4) is 0 Å². The first-order chi connectivity index (χ1) is 17.1. The molecule has 0 unspecified atom stereocenters. The van der Waals surface area contributed by atoms with Crippen molar-refractivity contribution in [2.24, 2.45) is 0 Å². The van der Waals surface area contributed by atoms with Crippen LogP contribution in [-0.2, 0) is 19.1 Å². The van der Waals surface area contributed by atoms with Gasteiger partial charge in [0.25, 0.3) is 0 Å². The van der Waals surface area contributed by atoms with Gasteiger partial charge in [-0.15, -0.1) is 11.8 Å². The van der Waals surface area contributed by atoms with Gasteiger partial charge in [0, 0.05) is 12.7 Å². The first-order valence-electron chi connectivity index (χ1n) is 11.6. The number of aliphatic carboxylic acids is 1. The van der Waals surface area contributed by atoms with Gasteiger partial charge in [-0.1, -0.05) is 91.0 Å². The molecule has 3 aromatic carbocycles. The number of amides is 2. The van der Waals surface area contributed by atoms with Crippen LogP contribution in [0.25, 0.3) is 0 Å². The second-order valence-electron chi connectivity index (χ2n) is 9.31. The molecular weight excluding hydrogens is 474 g/mol. The Balaban J connectivity index is 2.13. The molecule has 0 aliphatic rings. The number of imide groups is 1. The average molecular weight is 506 g/mol. The minimum absolute atomic E-state index is 0.0627. The third-order valence-corrected chi connectivity index (χ3v) is 7.15. The van der Waals surface area contributed by atoms with E-state index in [0.717, 1.165) is 16.7 Å². The SMILES string of the molecule is CC(=O)N(C(=O)OC(C)(C)C)[C@@H](CSC(c1ccccc1)(c1ccccc1)c1ccccc1)C(=O)O. The van der Waals surface area contributed by atoms with Gasteiger partial charge in [0.1, 0.15) is 11.6 Å². The minimum Gasteiger partial charge on any atom is -0.480 e. The Labute approximate surface area is 216 Å². The van der Waals surface area contributed by atoms with E-state index >= 15 is 0 Å². The van der Waals surface area contributed by atoms with Gasteiger partial charge >= 0.3 is 12.1 Å². The van der Waals surface area contributed by atoms with Crippen molar-refractivity contribution in [2.45, 2.75) is 44.1 Å². The molecule has 0 fully saturated rings. The summed E-state index contributed by atoms with van der Waals surface area (Å²) in [7, 11) is 0. The van der Waals surface area contributed by atoms with E-state index in [0.29, 0.717) is 4.90 Å². The zero-order valence-electron chi connectivity index (χ0n) is 20.9. The largest absolute Gasteiger partial charge is 0.480 e. The van der Waals surface area contributed by atoms with Gasteiger partial charge in [0.2, 0.25) is 5.91 Å². The van der Waals surface area contributed by atoms with E-state index < -0.39 is 34.4 Å². The Bertz CT molecular complexity index is 1080. The lowest BCUT2D eigenvalue weighted by Crippen LogP contribution is -2.51. The van der Waals surface area contributed by atoms with E-state index in [1.54, 1.807) is 20.8 Å². The van der Waals surface area contributed by atoms with E-state index in [4.69, 9.17) is 4.74 Å². The number of carbonyl (C=O) groups excluding carboxylic acids is 2. The van der Waals surface area contributed by atoms with Gasteiger partial charge in [-0.25, -0.2) is 14.5 Å². The smallest absolute Gasteiger partial charge is 0.417 e. The Hall–Kier alpha value is -3.58. The molecule has 0 radical (unpaired) electrons. The lowest BCUT2D eigenvalue weighted by atomic mass is 9.84. The second-order valence-corrected chi connectivity index (χ2v) is 10.5. The topological polar surface area (TPSA) is 83.9 Å². The maximum atomic E-state index is 12.9.